The summed E-state index contributed by atoms with van der Waals surface area (Å²) in [5, 5.41) is 0. The number of allylic oxidation sites excluding steroid dienone is 1. The van der Waals surface area contributed by atoms with Gasteiger partial charge in [0.25, 0.3) is 0 Å². The summed E-state index contributed by atoms with van der Waals surface area (Å²) in [7, 11) is 0. The topological polar surface area (TPSA) is 26.0 Å². The number of hydrogen-bond acceptors (Lipinski definition) is 1. The van der Waals surface area contributed by atoms with Crippen molar-refractivity contribution in [2.75, 3.05) is 5.73 Å². The van der Waals surface area contributed by atoms with Crippen molar-refractivity contribution in [3.8, 4) is 0 Å². The van der Waals surface area contributed by atoms with Crippen molar-refractivity contribution < 1.29 is 0 Å². The van der Waals surface area contributed by atoms with Gasteiger partial charge < -0.3 is 5.73 Å². The summed E-state index contributed by atoms with van der Waals surface area (Å²) >= 11 is 0. The molecule has 0 heterocycles. The molecule has 0 aromatic heterocycles. The van der Waals surface area contributed by atoms with Crippen LogP contribution in [0.2, 0.25) is 0 Å². The Bertz CT molecular complexity index is 234. The lowest BCUT2D eigenvalue weighted by Gasteiger charge is -1.98. The van der Waals surface area contributed by atoms with Crippen molar-refractivity contribution in [2.24, 2.45) is 0 Å². The quantitative estimate of drug-likeness (QED) is 0.631. The van der Waals surface area contributed by atoms with Crippen LogP contribution in [0.1, 0.15) is 26.3 Å². The van der Waals surface area contributed by atoms with E-state index in [-0.39, 0.29) is 0 Å². The van der Waals surface area contributed by atoms with Gasteiger partial charge in [0, 0.05) is 5.69 Å². The van der Waals surface area contributed by atoms with Gasteiger partial charge in [0.15, 0.2) is 0 Å². The molecule has 1 aromatic rings. The first-order chi connectivity index (χ1) is 5.70. The molecule has 66 valence electrons. The smallest absolute Gasteiger partial charge is 0.0314 e. The van der Waals surface area contributed by atoms with Crippen molar-refractivity contribution in [3.05, 3.63) is 36.4 Å². The highest BCUT2D eigenvalue weighted by Crippen LogP contribution is 2.12. The summed E-state index contributed by atoms with van der Waals surface area (Å²) in [5.74, 6) is 0. The molecule has 1 rings (SSSR count). The summed E-state index contributed by atoms with van der Waals surface area (Å²) in [4.78, 5) is 0. The molecule has 0 bridgehead atoms. The Balaban J connectivity index is 0.000000561. The normalized spacial score (nSPS) is 8.25. The molecule has 0 aliphatic heterocycles. The Morgan fingerprint density at radius 1 is 1.17 bits per heavy atom. The summed E-state index contributed by atoms with van der Waals surface area (Å²) in [5.41, 5.74) is 8.51. The average Bonchev–Trinajstić information content (AvgIpc) is 2.09. The third-order valence-electron chi connectivity index (χ3n) is 1.40. The van der Waals surface area contributed by atoms with Gasteiger partial charge in [-0.2, -0.15) is 0 Å². The lowest BCUT2D eigenvalue weighted by Crippen LogP contribution is -1.83. The predicted octanol–water partition coefficient (Wildman–Crippen LogP) is 3.33. The van der Waals surface area contributed by atoms with Crippen LogP contribution in [0.25, 0.3) is 5.57 Å². The Kier molecular flexibility index (Phi) is 4.86. The molecule has 0 aliphatic rings. The first-order valence-corrected chi connectivity index (χ1v) is 4.21. The second kappa shape index (κ2) is 5.42. The van der Waals surface area contributed by atoms with Crippen LogP contribution in [0, 0.1) is 0 Å². The first kappa shape index (κ1) is 10.8. The maximum atomic E-state index is 5.50. The molecule has 0 spiro atoms. The van der Waals surface area contributed by atoms with Crippen molar-refractivity contribution >= 4 is 11.3 Å². The van der Waals surface area contributed by atoms with Crippen LogP contribution in [0.3, 0.4) is 0 Å². The number of nitrogen functional groups attached to an aromatic ring is 1. The lowest BCUT2D eigenvalue weighted by atomic mass is 10.1. The Hall–Kier alpha value is -1.24. The third kappa shape index (κ3) is 3.24. The lowest BCUT2D eigenvalue weighted by molar-refractivity contribution is 1.50. The van der Waals surface area contributed by atoms with Crippen LogP contribution in [0.5, 0.6) is 0 Å². The maximum Gasteiger partial charge on any atom is 0.0314 e. The summed E-state index contributed by atoms with van der Waals surface area (Å²) < 4.78 is 0. The molecule has 0 amide bonds. The number of rotatable bonds is 1. The molecule has 0 saturated carbocycles. The SMILES string of the molecule is C=C(C)c1ccc(N)cc1.CC. The summed E-state index contributed by atoms with van der Waals surface area (Å²) in [6, 6.07) is 7.70. The number of benzene rings is 1. The molecule has 0 saturated heterocycles. The Labute approximate surface area is 74.9 Å². The molecule has 0 radical (unpaired) electrons. The van der Waals surface area contributed by atoms with Crippen molar-refractivity contribution in [3.63, 3.8) is 0 Å². The van der Waals surface area contributed by atoms with Crippen LogP contribution >= 0.6 is 0 Å². The second-order valence-electron chi connectivity index (χ2n) is 2.40. The Morgan fingerprint density at radius 3 is 1.92 bits per heavy atom. The molecule has 0 unspecified atom stereocenters. The standard InChI is InChI=1S/C9H11N.C2H6/c1-7(2)8-3-5-9(10)6-4-8;1-2/h3-6H,1,10H2,2H3;1-2H3. The number of hydrogen-bond donors (Lipinski definition) is 1. The maximum absolute atomic E-state index is 5.50. The molecule has 1 aromatic carbocycles. The fourth-order valence-electron chi connectivity index (χ4n) is 0.768. The van der Waals surface area contributed by atoms with Crippen molar-refractivity contribution in [1.82, 2.24) is 0 Å². The zero-order chi connectivity index (χ0) is 9.56. The molecular formula is C11H17N. The van der Waals surface area contributed by atoms with E-state index in [1.807, 2.05) is 45.0 Å². The molecular weight excluding hydrogens is 146 g/mol. The van der Waals surface area contributed by atoms with Crippen LogP contribution < -0.4 is 5.73 Å². The Morgan fingerprint density at radius 2 is 1.58 bits per heavy atom. The summed E-state index contributed by atoms with van der Waals surface area (Å²) in [6.07, 6.45) is 0. The van der Waals surface area contributed by atoms with E-state index in [4.69, 9.17) is 5.73 Å². The monoisotopic (exact) mass is 163 g/mol. The van der Waals surface area contributed by atoms with E-state index in [1.54, 1.807) is 0 Å². The van der Waals surface area contributed by atoms with Gasteiger partial charge in [0.2, 0.25) is 0 Å². The van der Waals surface area contributed by atoms with Crippen molar-refractivity contribution in [1.29, 1.82) is 0 Å². The van der Waals surface area contributed by atoms with E-state index >= 15 is 0 Å². The minimum atomic E-state index is 0.796. The van der Waals surface area contributed by atoms with E-state index in [0.717, 1.165) is 16.8 Å². The highest BCUT2D eigenvalue weighted by molar-refractivity contribution is 5.62. The van der Waals surface area contributed by atoms with Crippen LogP contribution in [-0.2, 0) is 0 Å². The van der Waals surface area contributed by atoms with Gasteiger partial charge in [-0.3, -0.25) is 0 Å². The zero-order valence-corrected chi connectivity index (χ0v) is 8.09. The van der Waals surface area contributed by atoms with E-state index in [1.165, 1.54) is 0 Å². The van der Waals surface area contributed by atoms with Gasteiger partial charge in [0.1, 0.15) is 0 Å². The van der Waals surface area contributed by atoms with Crippen LogP contribution in [-0.4, -0.2) is 0 Å². The molecule has 12 heavy (non-hydrogen) atoms. The number of nitrogens with two attached hydrogens (primary N) is 1. The fourth-order valence-corrected chi connectivity index (χ4v) is 0.768. The fraction of sp³-hybridized carbons (Fsp3) is 0.273. The van der Waals surface area contributed by atoms with Gasteiger partial charge in [-0.25, -0.2) is 0 Å². The van der Waals surface area contributed by atoms with Gasteiger partial charge in [-0.15, -0.1) is 0 Å². The van der Waals surface area contributed by atoms with Gasteiger partial charge in [-0.1, -0.05) is 38.1 Å². The molecule has 0 atom stereocenters. The minimum Gasteiger partial charge on any atom is -0.399 e. The second-order valence-corrected chi connectivity index (χ2v) is 2.40. The molecule has 0 fully saturated rings. The molecule has 1 nitrogen and oxygen atoms in total. The third-order valence-corrected chi connectivity index (χ3v) is 1.40. The van der Waals surface area contributed by atoms with E-state index in [2.05, 4.69) is 6.58 Å². The zero-order valence-electron chi connectivity index (χ0n) is 8.09. The largest absolute Gasteiger partial charge is 0.399 e. The first-order valence-electron chi connectivity index (χ1n) is 4.21. The molecule has 1 heteroatoms. The van der Waals surface area contributed by atoms with Crippen LogP contribution in [0.4, 0.5) is 5.69 Å². The predicted molar refractivity (Wildman–Crippen MR) is 56.9 cm³/mol. The average molecular weight is 163 g/mol. The highest BCUT2D eigenvalue weighted by Gasteiger charge is 1.89. The van der Waals surface area contributed by atoms with Gasteiger partial charge in [-0.05, 0) is 24.6 Å². The minimum absolute atomic E-state index is 0.796. The van der Waals surface area contributed by atoms with E-state index in [9.17, 15) is 0 Å². The number of anilines is 1. The summed E-state index contributed by atoms with van der Waals surface area (Å²) in [6.45, 7) is 9.79. The van der Waals surface area contributed by atoms with Crippen LogP contribution in [0.15, 0.2) is 30.8 Å². The molecule has 0 aliphatic carbocycles. The van der Waals surface area contributed by atoms with E-state index < -0.39 is 0 Å². The van der Waals surface area contributed by atoms with Gasteiger partial charge in [0.05, 0.1) is 0 Å². The molecule has 2 N–H and O–H groups in total. The van der Waals surface area contributed by atoms with Gasteiger partial charge >= 0.3 is 0 Å². The van der Waals surface area contributed by atoms with Crippen molar-refractivity contribution in [2.45, 2.75) is 20.8 Å². The highest BCUT2D eigenvalue weighted by atomic mass is 14.5. The van der Waals surface area contributed by atoms with E-state index in [0.29, 0.717) is 0 Å².